The fraction of sp³-hybridized carbons (Fsp3) is 0.294. The van der Waals surface area contributed by atoms with Crippen molar-refractivity contribution in [2.45, 2.75) is 31.0 Å². The number of furan rings is 1. The number of rotatable bonds is 8. The third kappa shape index (κ3) is 6.12. The van der Waals surface area contributed by atoms with Crippen LogP contribution < -0.4 is 20.7 Å². The molecule has 1 unspecified atom stereocenters. The Hall–Kier alpha value is -2.85. The standard InChI is InChI=1S/C17H22N4O5S/c1-12(16(22)19-11-14-6-4-8-26-14)21-17(23)20-10-13-5-3-7-15(9-13)27(24,25)18-2/h3-9,12,18H,10-11H2,1-2H3,(H,19,22)(H2,20,21,23). The molecule has 0 fully saturated rings. The van der Waals surface area contributed by atoms with Gasteiger partial charge in [-0.2, -0.15) is 0 Å². The summed E-state index contributed by atoms with van der Waals surface area (Å²) in [5, 5.41) is 7.75. The van der Waals surface area contributed by atoms with E-state index in [-0.39, 0.29) is 23.9 Å². The van der Waals surface area contributed by atoms with Crippen LogP contribution in [0.25, 0.3) is 0 Å². The van der Waals surface area contributed by atoms with E-state index in [1.807, 2.05) is 0 Å². The molecule has 1 aromatic heterocycles. The molecule has 0 aliphatic rings. The number of urea groups is 1. The van der Waals surface area contributed by atoms with Crippen LogP contribution in [0.2, 0.25) is 0 Å². The highest BCUT2D eigenvalue weighted by Crippen LogP contribution is 2.10. The van der Waals surface area contributed by atoms with Crippen LogP contribution in [0.4, 0.5) is 4.79 Å². The molecule has 1 heterocycles. The molecule has 146 valence electrons. The summed E-state index contributed by atoms with van der Waals surface area (Å²) in [4.78, 5) is 24.0. The lowest BCUT2D eigenvalue weighted by Crippen LogP contribution is -2.48. The van der Waals surface area contributed by atoms with E-state index in [2.05, 4.69) is 20.7 Å². The quantitative estimate of drug-likeness (QED) is 0.523. The molecule has 1 atom stereocenters. The van der Waals surface area contributed by atoms with Gasteiger partial charge < -0.3 is 20.4 Å². The third-order valence-corrected chi connectivity index (χ3v) is 5.10. The van der Waals surface area contributed by atoms with Gasteiger partial charge in [0.1, 0.15) is 11.8 Å². The van der Waals surface area contributed by atoms with Gasteiger partial charge in [-0.3, -0.25) is 4.79 Å². The molecule has 0 aliphatic carbocycles. The van der Waals surface area contributed by atoms with E-state index in [0.29, 0.717) is 11.3 Å². The summed E-state index contributed by atoms with van der Waals surface area (Å²) in [5.74, 6) is 0.250. The maximum Gasteiger partial charge on any atom is 0.315 e. The van der Waals surface area contributed by atoms with Crippen molar-refractivity contribution in [2.75, 3.05) is 7.05 Å². The van der Waals surface area contributed by atoms with Crippen LogP contribution in [-0.2, 0) is 27.9 Å². The van der Waals surface area contributed by atoms with Crippen LogP contribution >= 0.6 is 0 Å². The predicted octanol–water partition coefficient (Wildman–Crippen LogP) is 0.692. The molecule has 2 aromatic rings. The molecule has 10 heteroatoms. The minimum absolute atomic E-state index is 0.107. The van der Waals surface area contributed by atoms with Crippen LogP contribution in [0.5, 0.6) is 0 Å². The summed E-state index contributed by atoms with van der Waals surface area (Å²) in [6.07, 6.45) is 1.51. The molecule has 0 bridgehead atoms. The molecular formula is C17H22N4O5S. The molecule has 0 saturated heterocycles. The lowest BCUT2D eigenvalue weighted by atomic mass is 10.2. The number of hydrogen-bond donors (Lipinski definition) is 4. The van der Waals surface area contributed by atoms with Gasteiger partial charge in [-0.15, -0.1) is 0 Å². The fourth-order valence-electron chi connectivity index (χ4n) is 2.18. The van der Waals surface area contributed by atoms with Crippen LogP contribution in [0.3, 0.4) is 0 Å². The monoisotopic (exact) mass is 394 g/mol. The zero-order valence-electron chi connectivity index (χ0n) is 15.0. The highest BCUT2D eigenvalue weighted by Gasteiger charge is 2.16. The average Bonchev–Trinajstić information content (AvgIpc) is 3.18. The van der Waals surface area contributed by atoms with E-state index < -0.39 is 22.1 Å². The van der Waals surface area contributed by atoms with Gasteiger partial charge in [-0.05, 0) is 43.8 Å². The van der Waals surface area contributed by atoms with Gasteiger partial charge in [-0.1, -0.05) is 12.1 Å². The first-order valence-corrected chi connectivity index (χ1v) is 9.67. The third-order valence-electron chi connectivity index (χ3n) is 3.69. The Morgan fingerprint density at radius 2 is 1.89 bits per heavy atom. The topological polar surface area (TPSA) is 130 Å². The van der Waals surface area contributed by atoms with Gasteiger partial charge in [0.05, 0.1) is 17.7 Å². The molecule has 1 aromatic carbocycles. The number of sulfonamides is 1. The number of benzene rings is 1. The van der Waals surface area contributed by atoms with Crippen LogP contribution in [0, 0.1) is 0 Å². The predicted molar refractivity (Wildman–Crippen MR) is 98.1 cm³/mol. The van der Waals surface area contributed by atoms with Crippen molar-refractivity contribution < 1.29 is 22.4 Å². The smallest absolute Gasteiger partial charge is 0.315 e. The van der Waals surface area contributed by atoms with Crippen LogP contribution in [0.15, 0.2) is 52.0 Å². The number of carbonyl (C=O) groups excluding carboxylic acids is 2. The van der Waals surface area contributed by atoms with E-state index in [1.165, 1.54) is 25.4 Å². The zero-order valence-corrected chi connectivity index (χ0v) is 15.8. The molecule has 27 heavy (non-hydrogen) atoms. The lowest BCUT2D eigenvalue weighted by Gasteiger charge is -2.14. The summed E-state index contributed by atoms with van der Waals surface area (Å²) in [5.41, 5.74) is 0.608. The molecule has 2 rings (SSSR count). The fourth-order valence-corrected chi connectivity index (χ4v) is 2.98. The lowest BCUT2D eigenvalue weighted by molar-refractivity contribution is -0.122. The molecule has 4 N–H and O–H groups in total. The minimum atomic E-state index is -3.55. The van der Waals surface area contributed by atoms with Gasteiger partial charge in [-0.25, -0.2) is 17.9 Å². The van der Waals surface area contributed by atoms with Crippen molar-refractivity contribution in [3.63, 3.8) is 0 Å². The average molecular weight is 394 g/mol. The summed E-state index contributed by atoms with van der Waals surface area (Å²) in [6.45, 7) is 1.89. The van der Waals surface area contributed by atoms with Crippen molar-refractivity contribution in [3.8, 4) is 0 Å². The maximum absolute atomic E-state index is 12.0. The molecule has 0 saturated carbocycles. The Bertz CT molecular complexity index is 880. The van der Waals surface area contributed by atoms with Crippen molar-refractivity contribution in [1.82, 2.24) is 20.7 Å². The minimum Gasteiger partial charge on any atom is -0.467 e. The van der Waals surface area contributed by atoms with Crippen molar-refractivity contribution in [3.05, 3.63) is 54.0 Å². The highest BCUT2D eigenvalue weighted by atomic mass is 32.2. The second-order valence-electron chi connectivity index (χ2n) is 5.70. The van der Waals surface area contributed by atoms with E-state index in [1.54, 1.807) is 31.2 Å². The summed E-state index contributed by atoms with van der Waals surface area (Å²) in [6, 6.07) is 8.35. The molecular weight excluding hydrogens is 372 g/mol. The SMILES string of the molecule is CNS(=O)(=O)c1cccc(CNC(=O)NC(C)C(=O)NCc2ccco2)c1. The Kier molecular flexibility index (Phi) is 6.97. The second kappa shape index (κ2) is 9.19. The van der Waals surface area contributed by atoms with Gasteiger partial charge >= 0.3 is 6.03 Å². The Balaban J connectivity index is 1.81. The molecule has 3 amide bonds. The Labute approximate surface area is 157 Å². The normalized spacial score (nSPS) is 12.2. The van der Waals surface area contributed by atoms with Gasteiger partial charge in [0.15, 0.2) is 0 Å². The number of nitrogens with one attached hydrogen (secondary N) is 4. The number of amides is 3. The summed E-state index contributed by atoms with van der Waals surface area (Å²) < 4.78 is 30.9. The summed E-state index contributed by atoms with van der Waals surface area (Å²) >= 11 is 0. The zero-order chi connectivity index (χ0) is 19.9. The number of carbonyl (C=O) groups is 2. The van der Waals surface area contributed by atoms with E-state index in [9.17, 15) is 18.0 Å². The molecule has 0 radical (unpaired) electrons. The first kappa shape index (κ1) is 20.5. The Morgan fingerprint density at radius 3 is 2.56 bits per heavy atom. The Morgan fingerprint density at radius 1 is 1.11 bits per heavy atom. The van der Waals surface area contributed by atoms with Crippen LogP contribution in [0.1, 0.15) is 18.2 Å². The molecule has 0 aliphatic heterocycles. The number of hydrogen-bond acceptors (Lipinski definition) is 5. The summed E-state index contributed by atoms with van der Waals surface area (Å²) in [7, 11) is -2.23. The van der Waals surface area contributed by atoms with Gasteiger partial charge in [0, 0.05) is 6.54 Å². The van der Waals surface area contributed by atoms with Crippen molar-refractivity contribution >= 4 is 22.0 Å². The maximum atomic E-state index is 12.0. The first-order chi connectivity index (χ1) is 12.8. The molecule has 9 nitrogen and oxygen atoms in total. The largest absolute Gasteiger partial charge is 0.467 e. The van der Waals surface area contributed by atoms with Crippen molar-refractivity contribution in [2.24, 2.45) is 0 Å². The van der Waals surface area contributed by atoms with Gasteiger partial charge in [0.25, 0.3) is 0 Å². The molecule has 0 spiro atoms. The first-order valence-electron chi connectivity index (χ1n) is 8.19. The highest BCUT2D eigenvalue weighted by molar-refractivity contribution is 7.89. The van der Waals surface area contributed by atoms with E-state index >= 15 is 0 Å². The van der Waals surface area contributed by atoms with Gasteiger partial charge in [0.2, 0.25) is 15.9 Å². The second-order valence-corrected chi connectivity index (χ2v) is 7.59. The van der Waals surface area contributed by atoms with E-state index in [0.717, 1.165) is 0 Å². The van der Waals surface area contributed by atoms with Crippen molar-refractivity contribution in [1.29, 1.82) is 0 Å². The van der Waals surface area contributed by atoms with E-state index in [4.69, 9.17) is 4.42 Å². The van der Waals surface area contributed by atoms with Crippen LogP contribution in [-0.4, -0.2) is 33.4 Å².